The van der Waals surface area contributed by atoms with Gasteiger partial charge in [0.15, 0.2) is 6.10 Å². The lowest BCUT2D eigenvalue weighted by Gasteiger charge is -2.39. The van der Waals surface area contributed by atoms with Crippen molar-refractivity contribution in [2.75, 3.05) is 0 Å². The maximum atomic E-state index is 11.9. The molecule has 2 rings (SSSR count). The first-order valence-corrected chi connectivity index (χ1v) is 5.65. The molecule has 1 amide bonds. The number of carbonyl (C=O) groups excluding carboxylic acids is 1. The Morgan fingerprint density at radius 3 is 2.53 bits per heavy atom. The molecule has 1 unspecified atom stereocenters. The second kappa shape index (κ2) is 2.79. The molecule has 0 spiro atoms. The Morgan fingerprint density at radius 2 is 2.07 bits per heavy atom. The van der Waals surface area contributed by atoms with Crippen LogP contribution in [0.3, 0.4) is 0 Å². The molecule has 0 aromatic rings. The fraction of sp³-hybridized carbons (Fsp3) is 0.750. The number of carboxylic acid groups (broad SMARTS) is 1. The van der Waals surface area contributed by atoms with E-state index in [0.717, 1.165) is 4.90 Å². The normalized spacial score (nSPS) is 42.3. The van der Waals surface area contributed by atoms with Crippen molar-refractivity contribution in [2.24, 2.45) is 0 Å². The van der Waals surface area contributed by atoms with Crippen LogP contribution >= 0.6 is 0 Å². The van der Waals surface area contributed by atoms with E-state index in [1.807, 2.05) is 0 Å². The topological polar surface area (TPSA) is 94.9 Å². The van der Waals surface area contributed by atoms with Crippen molar-refractivity contribution in [3.8, 4) is 0 Å². The minimum Gasteiger partial charge on any atom is -0.480 e. The minimum atomic E-state index is -1.55. The smallest absolute Gasteiger partial charge is 0.328 e. The number of hydrogen-bond acceptors (Lipinski definition) is 4. The fourth-order valence-corrected chi connectivity index (χ4v) is 3.98. The molecule has 0 radical (unpaired) electrons. The van der Waals surface area contributed by atoms with Gasteiger partial charge in [-0.2, -0.15) is 0 Å². The lowest BCUT2D eigenvalue weighted by molar-refractivity contribution is -0.169. The van der Waals surface area contributed by atoms with Gasteiger partial charge < -0.3 is 15.1 Å². The first-order valence-electron chi connectivity index (χ1n) is 4.44. The number of carbonyl (C=O) groups is 2. The predicted molar refractivity (Wildman–Crippen MR) is 50.3 cm³/mol. The first kappa shape index (κ1) is 10.6. The summed E-state index contributed by atoms with van der Waals surface area (Å²) in [6, 6.07) is -1.11. The number of aliphatic hydroxyl groups excluding tert-OH is 1. The number of carboxylic acids is 1. The molecule has 2 N–H and O–H groups in total. The average Bonchev–Trinajstić information content (AvgIpc) is 2.32. The summed E-state index contributed by atoms with van der Waals surface area (Å²) in [4.78, 5) is 23.3. The highest BCUT2D eigenvalue weighted by Crippen LogP contribution is 2.43. The zero-order chi connectivity index (χ0) is 11.5. The number of rotatable bonds is 1. The number of hydrogen-bond donors (Lipinski definition) is 2. The van der Waals surface area contributed by atoms with E-state index in [1.165, 1.54) is 13.8 Å². The highest BCUT2D eigenvalue weighted by molar-refractivity contribution is 7.87. The van der Waals surface area contributed by atoms with Gasteiger partial charge in [0.1, 0.15) is 11.4 Å². The SMILES string of the molecule is CC1(C)[C@H](C(=O)O)N2C(=O)[C@H](O)[C@H]2S1=O. The minimum absolute atomic E-state index is 0.647. The van der Waals surface area contributed by atoms with Gasteiger partial charge in [-0.15, -0.1) is 0 Å². The molecule has 2 fully saturated rings. The quantitative estimate of drug-likeness (QED) is 0.538. The maximum absolute atomic E-state index is 11.9. The van der Waals surface area contributed by atoms with E-state index in [4.69, 9.17) is 5.11 Å². The van der Waals surface area contributed by atoms with E-state index in [-0.39, 0.29) is 0 Å². The highest BCUT2D eigenvalue weighted by Gasteiger charge is 2.67. The molecule has 7 heteroatoms. The first-order chi connectivity index (χ1) is 6.80. The summed E-state index contributed by atoms with van der Waals surface area (Å²) in [5.74, 6) is -1.83. The summed E-state index contributed by atoms with van der Waals surface area (Å²) in [5, 5.41) is 17.4. The Balaban J connectivity index is 2.45. The maximum Gasteiger partial charge on any atom is 0.328 e. The van der Waals surface area contributed by atoms with Crippen molar-refractivity contribution < 1.29 is 24.0 Å². The third-order valence-corrected chi connectivity index (χ3v) is 5.14. The van der Waals surface area contributed by atoms with Gasteiger partial charge in [0.2, 0.25) is 0 Å². The summed E-state index contributed by atoms with van der Waals surface area (Å²) in [6.07, 6.45) is -1.31. The van der Waals surface area contributed by atoms with Gasteiger partial charge in [0, 0.05) is 0 Å². The highest BCUT2D eigenvalue weighted by atomic mass is 32.2. The zero-order valence-corrected chi connectivity index (χ0v) is 9.02. The van der Waals surface area contributed by atoms with Crippen molar-refractivity contribution in [2.45, 2.75) is 36.1 Å². The molecule has 2 aliphatic rings. The van der Waals surface area contributed by atoms with Gasteiger partial charge in [0.25, 0.3) is 5.91 Å². The van der Waals surface area contributed by atoms with Gasteiger partial charge in [-0.3, -0.25) is 9.00 Å². The molecule has 0 bridgehead atoms. The van der Waals surface area contributed by atoms with Gasteiger partial charge in [-0.05, 0) is 13.8 Å². The third-order valence-electron chi connectivity index (χ3n) is 2.96. The zero-order valence-electron chi connectivity index (χ0n) is 8.21. The van der Waals surface area contributed by atoms with Crippen molar-refractivity contribution in [1.29, 1.82) is 0 Å². The molecule has 15 heavy (non-hydrogen) atoms. The van der Waals surface area contributed by atoms with E-state index >= 15 is 0 Å². The summed E-state index contributed by atoms with van der Waals surface area (Å²) in [7, 11) is -1.55. The van der Waals surface area contributed by atoms with Crippen LogP contribution < -0.4 is 0 Å². The van der Waals surface area contributed by atoms with E-state index in [9.17, 15) is 18.9 Å². The van der Waals surface area contributed by atoms with E-state index in [1.54, 1.807) is 0 Å². The Bertz CT molecular complexity index is 379. The predicted octanol–water partition coefficient (Wildman–Crippen LogP) is -1.49. The largest absolute Gasteiger partial charge is 0.480 e. The van der Waals surface area contributed by atoms with Crippen molar-refractivity contribution in [3.63, 3.8) is 0 Å². The second-order valence-corrected chi connectivity index (χ2v) is 6.35. The van der Waals surface area contributed by atoms with Crippen LogP contribution in [0.2, 0.25) is 0 Å². The molecule has 84 valence electrons. The van der Waals surface area contributed by atoms with Crippen molar-refractivity contribution in [1.82, 2.24) is 4.90 Å². The number of nitrogens with zero attached hydrogens (tertiary/aromatic N) is 1. The molecule has 0 saturated carbocycles. The van der Waals surface area contributed by atoms with Gasteiger partial charge in [-0.1, -0.05) is 0 Å². The summed E-state index contributed by atoms with van der Waals surface area (Å²) in [5.41, 5.74) is 0. The molecule has 0 aromatic heterocycles. The van der Waals surface area contributed by atoms with Crippen LogP contribution in [0.25, 0.3) is 0 Å². The summed E-state index contributed by atoms with van der Waals surface area (Å²) < 4.78 is 10.8. The fourth-order valence-electron chi connectivity index (χ4n) is 2.14. The van der Waals surface area contributed by atoms with Crippen LogP contribution in [0.5, 0.6) is 0 Å². The van der Waals surface area contributed by atoms with Crippen LogP contribution in [-0.2, 0) is 20.4 Å². The van der Waals surface area contributed by atoms with Crippen molar-refractivity contribution >= 4 is 22.7 Å². The number of amides is 1. The molecule has 2 heterocycles. The Labute approximate surface area is 88.3 Å². The van der Waals surface area contributed by atoms with Crippen LogP contribution in [-0.4, -0.2) is 53.5 Å². The molecule has 0 aliphatic carbocycles. The standard InChI is InChI=1S/C8H11NO5S/c1-8(2)4(7(12)13)9-5(11)3(10)6(9)15(8)14/h3-4,6,10H,1-2H3,(H,12,13)/t3-,4-,6+,15?/m0/s1. The lowest BCUT2D eigenvalue weighted by atomic mass is 9.97. The number of aliphatic carboxylic acids is 1. The van der Waals surface area contributed by atoms with Gasteiger partial charge >= 0.3 is 5.97 Å². The summed E-state index contributed by atoms with van der Waals surface area (Å²) in [6.45, 7) is 3.06. The second-order valence-electron chi connectivity index (χ2n) is 4.22. The number of β-lactam (4-membered cyclic amide) rings is 1. The monoisotopic (exact) mass is 233 g/mol. The van der Waals surface area contributed by atoms with Gasteiger partial charge in [-0.25, -0.2) is 4.79 Å². The van der Waals surface area contributed by atoms with E-state index in [2.05, 4.69) is 0 Å². The Morgan fingerprint density at radius 1 is 1.53 bits per heavy atom. The van der Waals surface area contributed by atoms with Crippen molar-refractivity contribution in [3.05, 3.63) is 0 Å². The third kappa shape index (κ3) is 1.04. The molecule has 6 nitrogen and oxygen atoms in total. The van der Waals surface area contributed by atoms with Crippen LogP contribution in [0.4, 0.5) is 0 Å². The molecular weight excluding hydrogens is 222 g/mol. The Hall–Kier alpha value is -0.950. The molecule has 0 aromatic carbocycles. The van der Waals surface area contributed by atoms with E-state index in [0.29, 0.717) is 0 Å². The van der Waals surface area contributed by atoms with Gasteiger partial charge in [0.05, 0.1) is 15.5 Å². The van der Waals surface area contributed by atoms with Crippen LogP contribution in [0.1, 0.15) is 13.8 Å². The average molecular weight is 233 g/mol. The molecular formula is C8H11NO5S. The van der Waals surface area contributed by atoms with Crippen LogP contribution in [0, 0.1) is 0 Å². The van der Waals surface area contributed by atoms with Crippen LogP contribution in [0.15, 0.2) is 0 Å². The van der Waals surface area contributed by atoms with E-state index < -0.39 is 44.9 Å². The Kier molecular flexibility index (Phi) is 1.97. The molecule has 2 saturated heterocycles. The number of fused-ring (bicyclic) bond motifs is 1. The number of aliphatic hydroxyl groups is 1. The lowest BCUT2D eigenvalue weighted by Crippen LogP contribution is -2.66. The molecule has 4 atom stereocenters. The molecule has 2 aliphatic heterocycles. The summed E-state index contributed by atoms with van der Waals surface area (Å²) >= 11 is 0.